The van der Waals surface area contributed by atoms with E-state index in [4.69, 9.17) is 14.0 Å². The summed E-state index contributed by atoms with van der Waals surface area (Å²) in [5.74, 6) is 2.94. The zero-order valence-corrected chi connectivity index (χ0v) is 14.6. The molecular weight excluding hydrogens is 322 g/mol. The second-order valence-electron chi connectivity index (χ2n) is 6.24. The maximum absolute atomic E-state index is 11.6. The van der Waals surface area contributed by atoms with Crippen LogP contribution in [0.5, 0.6) is 11.5 Å². The third-order valence-electron chi connectivity index (χ3n) is 4.37. The fourth-order valence-electron chi connectivity index (χ4n) is 3.09. The zero-order valence-electron chi connectivity index (χ0n) is 14.6. The molecule has 1 saturated heterocycles. The standard InChI is InChI=1S/C18H23N3O4/c1-23-14-6-5-13(8-15(14)24-2)9-16-20-18(25-21-16)11-12-4-3-7-19-17(22)10-12/h5-6,8,12H,3-4,7,9-11H2,1-2H3,(H,19,22). The molecular formula is C18H23N3O4. The van der Waals surface area contributed by atoms with E-state index in [1.54, 1.807) is 14.2 Å². The van der Waals surface area contributed by atoms with Crippen LogP contribution in [0.15, 0.2) is 22.7 Å². The molecule has 1 atom stereocenters. The van der Waals surface area contributed by atoms with Gasteiger partial charge in [0, 0.05) is 25.8 Å². The van der Waals surface area contributed by atoms with Crippen molar-refractivity contribution in [1.82, 2.24) is 15.5 Å². The molecule has 1 amide bonds. The lowest BCUT2D eigenvalue weighted by atomic mass is 9.97. The fraction of sp³-hybridized carbons (Fsp3) is 0.500. The molecule has 7 nitrogen and oxygen atoms in total. The number of ether oxygens (including phenoxy) is 2. The van der Waals surface area contributed by atoms with Gasteiger partial charge in [0.05, 0.1) is 14.2 Å². The normalized spacial score (nSPS) is 17.7. The number of nitrogens with one attached hydrogen (secondary N) is 1. The van der Waals surface area contributed by atoms with Crippen LogP contribution in [0, 0.1) is 5.92 Å². The molecule has 0 bridgehead atoms. The minimum absolute atomic E-state index is 0.104. The molecule has 3 rings (SSSR count). The summed E-state index contributed by atoms with van der Waals surface area (Å²) in [7, 11) is 3.22. The first kappa shape index (κ1) is 17.3. The zero-order chi connectivity index (χ0) is 17.6. The molecule has 0 saturated carbocycles. The van der Waals surface area contributed by atoms with Gasteiger partial charge in [0.1, 0.15) is 0 Å². The largest absolute Gasteiger partial charge is 0.493 e. The summed E-state index contributed by atoms with van der Waals surface area (Å²) in [6.45, 7) is 0.754. The Labute approximate surface area is 146 Å². The number of nitrogens with zero attached hydrogens (tertiary/aromatic N) is 2. The van der Waals surface area contributed by atoms with Crippen LogP contribution in [0.1, 0.15) is 36.5 Å². The Bertz CT molecular complexity index is 729. The molecule has 1 N–H and O–H groups in total. The molecule has 0 radical (unpaired) electrons. The highest BCUT2D eigenvalue weighted by Crippen LogP contribution is 2.28. The van der Waals surface area contributed by atoms with Crippen molar-refractivity contribution in [1.29, 1.82) is 0 Å². The first-order chi connectivity index (χ1) is 12.2. The molecule has 2 heterocycles. The van der Waals surface area contributed by atoms with Gasteiger partial charge in [-0.2, -0.15) is 4.98 Å². The van der Waals surface area contributed by atoms with E-state index in [-0.39, 0.29) is 11.8 Å². The van der Waals surface area contributed by atoms with Crippen LogP contribution in [0.25, 0.3) is 0 Å². The second kappa shape index (κ2) is 8.00. The summed E-state index contributed by atoms with van der Waals surface area (Å²) in [6.07, 6.45) is 3.70. The summed E-state index contributed by atoms with van der Waals surface area (Å²) in [5.41, 5.74) is 1.01. The highest BCUT2D eigenvalue weighted by molar-refractivity contribution is 5.76. The minimum atomic E-state index is 0.104. The van der Waals surface area contributed by atoms with Crippen LogP contribution in [0.3, 0.4) is 0 Å². The average molecular weight is 345 g/mol. The Balaban J connectivity index is 1.64. The molecule has 0 aliphatic carbocycles. The maximum Gasteiger partial charge on any atom is 0.226 e. The van der Waals surface area contributed by atoms with E-state index >= 15 is 0 Å². The monoisotopic (exact) mass is 345 g/mol. The topological polar surface area (TPSA) is 86.5 Å². The molecule has 0 spiro atoms. The Morgan fingerprint density at radius 1 is 1.28 bits per heavy atom. The van der Waals surface area contributed by atoms with Gasteiger partial charge in [-0.1, -0.05) is 11.2 Å². The average Bonchev–Trinajstić information content (AvgIpc) is 2.94. The van der Waals surface area contributed by atoms with Gasteiger partial charge in [0.2, 0.25) is 11.8 Å². The number of aromatic nitrogens is 2. The van der Waals surface area contributed by atoms with Crippen molar-refractivity contribution in [3.05, 3.63) is 35.5 Å². The minimum Gasteiger partial charge on any atom is -0.493 e. The first-order valence-corrected chi connectivity index (χ1v) is 8.47. The third-order valence-corrected chi connectivity index (χ3v) is 4.37. The lowest BCUT2D eigenvalue weighted by molar-refractivity contribution is -0.121. The van der Waals surface area contributed by atoms with Crippen molar-refractivity contribution in [3.8, 4) is 11.5 Å². The number of hydrogen-bond donors (Lipinski definition) is 1. The maximum atomic E-state index is 11.6. The predicted octanol–water partition coefficient (Wildman–Crippen LogP) is 2.14. The van der Waals surface area contributed by atoms with Crippen molar-refractivity contribution >= 4 is 5.91 Å². The van der Waals surface area contributed by atoms with E-state index in [1.165, 1.54) is 0 Å². The summed E-state index contributed by atoms with van der Waals surface area (Å²) in [6, 6.07) is 5.72. The van der Waals surface area contributed by atoms with Crippen LogP contribution in [0.4, 0.5) is 0 Å². The lowest BCUT2D eigenvalue weighted by Crippen LogP contribution is -2.22. The number of carbonyl (C=O) groups excluding carboxylic acids is 1. The number of rotatable bonds is 6. The van der Waals surface area contributed by atoms with E-state index < -0.39 is 0 Å². The van der Waals surface area contributed by atoms with E-state index in [0.29, 0.717) is 42.5 Å². The van der Waals surface area contributed by atoms with Crippen LogP contribution in [-0.2, 0) is 17.6 Å². The SMILES string of the molecule is COc1ccc(Cc2noc(CC3CCCNC(=O)C3)n2)cc1OC. The van der Waals surface area contributed by atoms with Gasteiger partial charge in [-0.15, -0.1) is 0 Å². The fourth-order valence-corrected chi connectivity index (χ4v) is 3.09. The van der Waals surface area contributed by atoms with E-state index in [0.717, 1.165) is 24.9 Å². The van der Waals surface area contributed by atoms with Crippen molar-refractivity contribution in [2.24, 2.45) is 5.92 Å². The van der Waals surface area contributed by atoms with Gasteiger partial charge >= 0.3 is 0 Å². The Kier molecular flexibility index (Phi) is 5.53. The first-order valence-electron chi connectivity index (χ1n) is 8.47. The number of methoxy groups -OCH3 is 2. The Hall–Kier alpha value is -2.57. The van der Waals surface area contributed by atoms with E-state index in [2.05, 4.69) is 15.5 Å². The van der Waals surface area contributed by atoms with Crippen molar-refractivity contribution in [2.75, 3.05) is 20.8 Å². The van der Waals surface area contributed by atoms with Crippen molar-refractivity contribution < 1.29 is 18.8 Å². The second-order valence-corrected chi connectivity index (χ2v) is 6.24. The predicted molar refractivity (Wildman–Crippen MR) is 90.7 cm³/mol. The van der Waals surface area contributed by atoms with E-state index in [1.807, 2.05) is 18.2 Å². The third kappa shape index (κ3) is 4.49. The summed E-state index contributed by atoms with van der Waals surface area (Å²) >= 11 is 0. The van der Waals surface area contributed by atoms with Crippen LogP contribution in [-0.4, -0.2) is 36.8 Å². The molecule has 25 heavy (non-hydrogen) atoms. The molecule has 1 aromatic carbocycles. The van der Waals surface area contributed by atoms with Crippen molar-refractivity contribution in [2.45, 2.75) is 32.1 Å². The molecule has 1 aliphatic heterocycles. The molecule has 1 aromatic heterocycles. The number of benzene rings is 1. The quantitative estimate of drug-likeness (QED) is 0.863. The highest BCUT2D eigenvalue weighted by atomic mass is 16.5. The molecule has 2 aromatic rings. The Morgan fingerprint density at radius 2 is 2.12 bits per heavy atom. The molecule has 7 heteroatoms. The number of amides is 1. The van der Waals surface area contributed by atoms with Crippen LogP contribution >= 0.6 is 0 Å². The molecule has 1 aliphatic rings. The molecule has 134 valence electrons. The van der Waals surface area contributed by atoms with Crippen molar-refractivity contribution in [3.63, 3.8) is 0 Å². The van der Waals surface area contributed by atoms with Gasteiger partial charge < -0.3 is 19.3 Å². The van der Waals surface area contributed by atoms with Gasteiger partial charge in [-0.25, -0.2) is 0 Å². The smallest absolute Gasteiger partial charge is 0.226 e. The van der Waals surface area contributed by atoms with Crippen LogP contribution < -0.4 is 14.8 Å². The van der Waals surface area contributed by atoms with E-state index in [9.17, 15) is 4.79 Å². The Morgan fingerprint density at radius 3 is 2.92 bits per heavy atom. The lowest BCUT2D eigenvalue weighted by Gasteiger charge is -2.09. The van der Waals surface area contributed by atoms with Gasteiger partial charge in [0.15, 0.2) is 17.3 Å². The summed E-state index contributed by atoms with van der Waals surface area (Å²) in [4.78, 5) is 16.1. The molecule has 1 unspecified atom stereocenters. The summed E-state index contributed by atoms with van der Waals surface area (Å²) in [5, 5.41) is 6.95. The highest BCUT2D eigenvalue weighted by Gasteiger charge is 2.20. The summed E-state index contributed by atoms with van der Waals surface area (Å²) < 4.78 is 15.9. The molecule has 1 fully saturated rings. The van der Waals surface area contributed by atoms with Gasteiger partial charge in [0.25, 0.3) is 0 Å². The van der Waals surface area contributed by atoms with Crippen LogP contribution in [0.2, 0.25) is 0 Å². The number of carbonyl (C=O) groups is 1. The van der Waals surface area contributed by atoms with Gasteiger partial charge in [-0.3, -0.25) is 4.79 Å². The van der Waals surface area contributed by atoms with Gasteiger partial charge in [-0.05, 0) is 36.5 Å². The number of hydrogen-bond acceptors (Lipinski definition) is 6.